The van der Waals surface area contributed by atoms with Gasteiger partial charge in [0.05, 0.1) is 0 Å². The van der Waals surface area contributed by atoms with Crippen molar-refractivity contribution in [1.29, 1.82) is 0 Å². The maximum absolute atomic E-state index is 2.34. The number of nitrogens with zero attached hydrogens (tertiary/aromatic N) is 1. The van der Waals surface area contributed by atoms with E-state index in [0.29, 0.717) is 0 Å². The zero-order valence-electron chi connectivity index (χ0n) is 16.7. The standard InChI is InChI=1S/C21H45N.BrH/c1-5-7-8-9-10-11-12-13-14-15-16-17-18-19-21(6-2)20-22(3)4;/h21H,5-20H2,1-4H3;1H. The first-order valence-electron chi connectivity index (χ1n) is 10.3. The van der Waals surface area contributed by atoms with Gasteiger partial charge in [0.15, 0.2) is 0 Å². The maximum atomic E-state index is 2.34. The van der Waals surface area contributed by atoms with E-state index >= 15 is 0 Å². The van der Waals surface area contributed by atoms with Crippen LogP contribution in [0.5, 0.6) is 0 Å². The Balaban J connectivity index is 0. The molecule has 0 bridgehead atoms. The minimum Gasteiger partial charge on any atom is -0.309 e. The summed E-state index contributed by atoms with van der Waals surface area (Å²) >= 11 is 0. The van der Waals surface area contributed by atoms with Crippen LogP contribution in [0.4, 0.5) is 0 Å². The highest BCUT2D eigenvalue weighted by atomic mass is 79.9. The normalized spacial score (nSPS) is 12.4. The van der Waals surface area contributed by atoms with Gasteiger partial charge in [0, 0.05) is 6.54 Å². The third kappa shape index (κ3) is 20.4. The van der Waals surface area contributed by atoms with Crippen LogP contribution >= 0.6 is 17.0 Å². The molecule has 1 unspecified atom stereocenters. The predicted octanol–water partition coefficient (Wildman–Crippen LogP) is 7.63. The lowest BCUT2D eigenvalue weighted by molar-refractivity contribution is 0.299. The average Bonchev–Trinajstić information content (AvgIpc) is 2.50. The summed E-state index contributed by atoms with van der Waals surface area (Å²) in [6.45, 7) is 5.91. The van der Waals surface area contributed by atoms with Crippen LogP contribution in [0.3, 0.4) is 0 Å². The van der Waals surface area contributed by atoms with Crippen molar-refractivity contribution >= 4 is 17.0 Å². The summed E-state index contributed by atoms with van der Waals surface area (Å²) in [6.07, 6.45) is 21.8. The van der Waals surface area contributed by atoms with Crippen LogP contribution in [0, 0.1) is 5.92 Å². The van der Waals surface area contributed by atoms with Crippen molar-refractivity contribution in [1.82, 2.24) is 4.90 Å². The van der Waals surface area contributed by atoms with Gasteiger partial charge in [0.25, 0.3) is 0 Å². The molecule has 0 aliphatic heterocycles. The SMILES string of the molecule is Br.CCCCCCCCCCCCCCCC(CC)CN(C)C. The van der Waals surface area contributed by atoms with Crippen LogP contribution in [0.15, 0.2) is 0 Å². The van der Waals surface area contributed by atoms with Crippen molar-refractivity contribution in [2.75, 3.05) is 20.6 Å². The summed E-state index contributed by atoms with van der Waals surface area (Å²) in [5.41, 5.74) is 0. The number of unbranched alkanes of at least 4 members (excludes halogenated alkanes) is 12. The first-order valence-corrected chi connectivity index (χ1v) is 10.3. The van der Waals surface area contributed by atoms with Crippen molar-refractivity contribution in [3.05, 3.63) is 0 Å². The van der Waals surface area contributed by atoms with E-state index in [1.165, 1.54) is 103 Å². The lowest BCUT2D eigenvalue weighted by Crippen LogP contribution is -2.21. The van der Waals surface area contributed by atoms with Gasteiger partial charge in [-0.05, 0) is 26.4 Å². The van der Waals surface area contributed by atoms with Crippen LogP contribution in [-0.4, -0.2) is 25.5 Å². The van der Waals surface area contributed by atoms with E-state index in [2.05, 4.69) is 32.8 Å². The van der Waals surface area contributed by atoms with Crippen molar-refractivity contribution < 1.29 is 0 Å². The molecule has 0 aromatic rings. The molecule has 0 aromatic carbocycles. The zero-order valence-corrected chi connectivity index (χ0v) is 18.5. The molecule has 0 spiro atoms. The van der Waals surface area contributed by atoms with Crippen LogP contribution in [-0.2, 0) is 0 Å². The molecule has 0 N–H and O–H groups in total. The van der Waals surface area contributed by atoms with Crippen molar-refractivity contribution in [2.24, 2.45) is 5.92 Å². The summed E-state index contributed by atoms with van der Waals surface area (Å²) in [4.78, 5) is 2.34. The van der Waals surface area contributed by atoms with Crippen LogP contribution in [0.25, 0.3) is 0 Å². The predicted molar refractivity (Wildman–Crippen MR) is 113 cm³/mol. The van der Waals surface area contributed by atoms with Gasteiger partial charge in [-0.15, -0.1) is 17.0 Å². The summed E-state index contributed by atoms with van der Waals surface area (Å²) in [5.74, 6) is 0.919. The molecule has 0 fully saturated rings. The minimum absolute atomic E-state index is 0. The molecule has 0 aromatic heterocycles. The second-order valence-electron chi connectivity index (χ2n) is 7.57. The Kier molecular flexibility index (Phi) is 22.9. The fourth-order valence-electron chi connectivity index (χ4n) is 3.39. The van der Waals surface area contributed by atoms with Crippen molar-refractivity contribution in [2.45, 2.75) is 110 Å². The quantitative estimate of drug-likeness (QED) is 0.230. The van der Waals surface area contributed by atoms with E-state index in [-0.39, 0.29) is 17.0 Å². The Morgan fingerprint density at radius 1 is 0.609 bits per heavy atom. The van der Waals surface area contributed by atoms with E-state index < -0.39 is 0 Å². The lowest BCUT2D eigenvalue weighted by Gasteiger charge is -2.19. The summed E-state index contributed by atoms with van der Waals surface area (Å²) < 4.78 is 0. The molecule has 0 aliphatic rings. The topological polar surface area (TPSA) is 3.24 Å². The summed E-state index contributed by atoms with van der Waals surface area (Å²) in [7, 11) is 4.40. The molecule has 0 aliphatic carbocycles. The average molecular weight is 393 g/mol. The number of hydrogen-bond acceptors (Lipinski definition) is 1. The summed E-state index contributed by atoms with van der Waals surface area (Å²) in [6, 6.07) is 0. The monoisotopic (exact) mass is 391 g/mol. The highest BCUT2D eigenvalue weighted by Gasteiger charge is 2.06. The third-order valence-corrected chi connectivity index (χ3v) is 4.92. The van der Waals surface area contributed by atoms with Gasteiger partial charge in [-0.1, -0.05) is 104 Å². The van der Waals surface area contributed by atoms with Gasteiger partial charge in [-0.3, -0.25) is 0 Å². The maximum Gasteiger partial charge on any atom is 0.000346 e. The third-order valence-electron chi connectivity index (χ3n) is 4.92. The fourth-order valence-corrected chi connectivity index (χ4v) is 3.39. The van der Waals surface area contributed by atoms with Gasteiger partial charge >= 0.3 is 0 Å². The molecule has 2 heteroatoms. The number of rotatable bonds is 17. The first kappa shape index (κ1) is 25.7. The number of hydrogen-bond donors (Lipinski definition) is 0. The fraction of sp³-hybridized carbons (Fsp3) is 1.00. The smallest absolute Gasteiger partial charge is 0.000346 e. The molecular formula is C21H46BrN. The molecule has 0 saturated carbocycles. The minimum atomic E-state index is 0. The molecule has 0 amide bonds. The van der Waals surface area contributed by atoms with E-state index in [9.17, 15) is 0 Å². The first-order chi connectivity index (χ1) is 10.7. The van der Waals surface area contributed by atoms with Crippen LogP contribution in [0.1, 0.15) is 110 Å². The van der Waals surface area contributed by atoms with Crippen molar-refractivity contribution in [3.8, 4) is 0 Å². The van der Waals surface area contributed by atoms with E-state index in [0.717, 1.165) is 5.92 Å². The highest BCUT2D eigenvalue weighted by molar-refractivity contribution is 8.93. The molecule has 0 radical (unpaired) electrons. The molecule has 0 saturated heterocycles. The Bertz CT molecular complexity index is 206. The Morgan fingerprint density at radius 2 is 1.00 bits per heavy atom. The van der Waals surface area contributed by atoms with Crippen molar-refractivity contribution in [3.63, 3.8) is 0 Å². The molecular weight excluding hydrogens is 346 g/mol. The Morgan fingerprint density at radius 3 is 1.35 bits per heavy atom. The van der Waals surface area contributed by atoms with Gasteiger partial charge in [0.1, 0.15) is 0 Å². The van der Waals surface area contributed by atoms with Gasteiger partial charge in [0.2, 0.25) is 0 Å². The van der Waals surface area contributed by atoms with E-state index in [4.69, 9.17) is 0 Å². The largest absolute Gasteiger partial charge is 0.309 e. The zero-order chi connectivity index (χ0) is 16.5. The Hall–Kier alpha value is 0.440. The molecule has 0 rings (SSSR count). The second-order valence-corrected chi connectivity index (χ2v) is 7.57. The van der Waals surface area contributed by atoms with E-state index in [1.54, 1.807) is 0 Å². The molecule has 1 nitrogen and oxygen atoms in total. The van der Waals surface area contributed by atoms with Gasteiger partial charge < -0.3 is 4.90 Å². The van der Waals surface area contributed by atoms with Gasteiger partial charge in [-0.2, -0.15) is 0 Å². The molecule has 1 atom stereocenters. The molecule has 0 heterocycles. The highest BCUT2D eigenvalue weighted by Crippen LogP contribution is 2.16. The Labute approximate surface area is 158 Å². The van der Waals surface area contributed by atoms with Crippen LogP contribution in [0.2, 0.25) is 0 Å². The van der Waals surface area contributed by atoms with Gasteiger partial charge in [-0.25, -0.2) is 0 Å². The summed E-state index contributed by atoms with van der Waals surface area (Å²) in [5, 5.41) is 0. The second kappa shape index (κ2) is 20.5. The molecule has 142 valence electrons. The molecule has 23 heavy (non-hydrogen) atoms. The number of halogens is 1. The van der Waals surface area contributed by atoms with E-state index in [1.807, 2.05) is 0 Å². The lowest BCUT2D eigenvalue weighted by atomic mass is 9.97. The van der Waals surface area contributed by atoms with Crippen LogP contribution < -0.4 is 0 Å².